The predicted octanol–water partition coefficient (Wildman–Crippen LogP) is 4.08. The molecule has 1 aromatic rings. The molecule has 1 aromatic heterocycles. The highest BCUT2D eigenvalue weighted by Crippen LogP contribution is 2.39. The van der Waals surface area contributed by atoms with E-state index in [1.54, 1.807) is 10.4 Å². The first kappa shape index (κ1) is 16.3. The molecule has 3 nitrogen and oxygen atoms in total. The van der Waals surface area contributed by atoms with Gasteiger partial charge in [-0.25, -0.2) is 8.42 Å². The van der Waals surface area contributed by atoms with Gasteiger partial charge in [-0.2, -0.15) is 4.31 Å². The average molecular weight is 336 g/mol. The molecule has 0 amide bonds. The van der Waals surface area contributed by atoms with Gasteiger partial charge in [0.1, 0.15) is 4.21 Å². The zero-order chi connectivity index (χ0) is 14.8. The number of rotatable bonds is 5. The second kappa shape index (κ2) is 6.34. The topological polar surface area (TPSA) is 37.4 Å². The highest BCUT2D eigenvalue weighted by atomic mass is 35.5. The van der Waals surface area contributed by atoms with E-state index in [1.165, 1.54) is 11.3 Å². The summed E-state index contributed by atoms with van der Waals surface area (Å²) in [7, 11) is -3.32. The highest BCUT2D eigenvalue weighted by molar-refractivity contribution is 7.91. The Labute approximate surface area is 131 Å². The lowest BCUT2D eigenvalue weighted by Gasteiger charge is -2.40. The van der Waals surface area contributed by atoms with Crippen LogP contribution in [-0.4, -0.2) is 25.8 Å². The van der Waals surface area contributed by atoms with Crippen molar-refractivity contribution in [1.82, 2.24) is 4.31 Å². The number of sulfonamides is 1. The molecule has 0 spiro atoms. The summed E-state index contributed by atoms with van der Waals surface area (Å²) in [5, 5.41) is 1.83. The average Bonchev–Trinajstić information content (AvgIpc) is 2.97. The molecule has 1 aliphatic rings. The van der Waals surface area contributed by atoms with Crippen molar-refractivity contribution in [2.75, 3.05) is 13.1 Å². The van der Waals surface area contributed by atoms with Gasteiger partial charge in [-0.1, -0.05) is 26.7 Å². The van der Waals surface area contributed by atoms with E-state index in [0.717, 1.165) is 31.2 Å². The molecule has 0 bridgehead atoms. The van der Waals surface area contributed by atoms with E-state index < -0.39 is 10.0 Å². The molecule has 0 N–H and O–H groups in total. The molecule has 114 valence electrons. The summed E-state index contributed by atoms with van der Waals surface area (Å²) in [5.41, 5.74) is 1.21. The van der Waals surface area contributed by atoms with E-state index in [4.69, 9.17) is 11.6 Å². The summed E-state index contributed by atoms with van der Waals surface area (Å²) in [5.74, 6) is 0.362. The van der Waals surface area contributed by atoms with Crippen molar-refractivity contribution in [3.05, 3.63) is 17.0 Å². The van der Waals surface area contributed by atoms with Crippen LogP contribution < -0.4 is 0 Å². The molecular formula is C14H22ClNO2S2. The number of nitrogens with zero attached hydrogens (tertiary/aromatic N) is 1. The first-order valence-electron chi connectivity index (χ1n) is 7.11. The van der Waals surface area contributed by atoms with Gasteiger partial charge < -0.3 is 0 Å². The van der Waals surface area contributed by atoms with Gasteiger partial charge in [0.25, 0.3) is 10.0 Å². The van der Waals surface area contributed by atoms with Crippen LogP contribution >= 0.6 is 22.9 Å². The van der Waals surface area contributed by atoms with Crippen LogP contribution in [0.2, 0.25) is 0 Å². The van der Waals surface area contributed by atoms with Crippen LogP contribution in [0.3, 0.4) is 0 Å². The summed E-state index contributed by atoms with van der Waals surface area (Å²) in [6.07, 6.45) is 4.19. The third-order valence-electron chi connectivity index (χ3n) is 4.66. The Kier molecular flexibility index (Phi) is 5.16. The lowest BCUT2D eigenvalue weighted by Crippen LogP contribution is -2.42. The predicted molar refractivity (Wildman–Crippen MR) is 84.9 cm³/mol. The van der Waals surface area contributed by atoms with Gasteiger partial charge in [0.15, 0.2) is 0 Å². The Bertz CT molecular complexity index is 539. The quantitative estimate of drug-likeness (QED) is 0.760. The molecule has 2 heterocycles. The van der Waals surface area contributed by atoms with Gasteiger partial charge >= 0.3 is 0 Å². The van der Waals surface area contributed by atoms with Crippen LogP contribution in [0.5, 0.6) is 0 Å². The summed E-state index contributed by atoms with van der Waals surface area (Å²) in [6.45, 7) is 5.69. The molecule has 0 aliphatic carbocycles. The Hall–Kier alpha value is -0.100. The van der Waals surface area contributed by atoms with Crippen molar-refractivity contribution in [3.63, 3.8) is 0 Å². The normalized spacial score (nSPS) is 20.1. The van der Waals surface area contributed by atoms with E-state index in [0.29, 0.717) is 28.6 Å². The summed E-state index contributed by atoms with van der Waals surface area (Å²) >= 11 is 7.02. The maximum absolute atomic E-state index is 12.6. The maximum Gasteiger partial charge on any atom is 0.252 e. The van der Waals surface area contributed by atoms with E-state index in [-0.39, 0.29) is 0 Å². The molecule has 6 heteroatoms. The van der Waals surface area contributed by atoms with Gasteiger partial charge in [-0.3, -0.25) is 0 Å². The van der Waals surface area contributed by atoms with Crippen LogP contribution in [0, 0.1) is 5.41 Å². The van der Waals surface area contributed by atoms with Crippen LogP contribution in [0.15, 0.2) is 15.7 Å². The fourth-order valence-corrected chi connectivity index (χ4v) is 5.89. The Morgan fingerprint density at radius 3 is 2.35 bits per heavy atom. The third-order valence-corrected chi connectivity index (χ3v) is 8.33. The zero-order valence-electron chi connectivity index (χ0n) is 12.1. The number of hydrogen-bond donors (Lipinski definition) is 0. The minimum absolute atomic E-state index is 0.336. The highest BCUT2D eigenvalue weighted by Gasteiger charge is 2.36. The lowest BCUT2D eigenvalue weighted by molar-refractivity contribution is 0.142. The van der Waals surface area contributed by atoms with Crippen LogP contribution in [0.25, 0.3) is 0 Å². The first-order valence-corrected chi connectivity index (χ1v) is 9.96. The number of piperidine rings is 1. The molecule has 2 rings (SSSR count). The van der Waals surface area contributed by atoms with Gasteiger partial charge in [-0.05, 0) is 35.3 Å². The number of thiophene rings is 1. The van der Waals surface area contributed by atoms with E-state index in [1.807, 2.05) is 5.38 Å². The first-order chi connectivity index (χ1) is 9.47. The van der Waals surface area contributed by atoms with E-state index in [2.05, 4.69) is 13.8 Å². The SMILES string of the molecule is CCC1(CC)CCN(S(=O)(=O)c2cc(CCl)cs2)CC1. The Morgan fingerprint density at radius 1 is 1.30 bits per heavy atom. The van der Waals surface area contributed by atoms with Crippen molar-refractivity contribution < 1.29 is 8.42 Å². The molecule has 1 fully saturated rings. The number of hydrogen-bond acceptors (Lipinski definition) is 3. The molecular weight excluding hydrogens is 314 g/mol. The zero-order valence-corrected chi connectivity index (χ0v) is 14.5. The second-order valence-corrected chi connectivity index (χ2v) is 8.86. The molecule has 0 aromatic carbocycles. The standard InChI is InChI=1S/C14H22ClNO2S2/c1-3-14(4-2)5-7-16(8-6-14)20(17,18)13-9-12(10-15)11-19-13/h9,11H,3-8,10H2,1-2H3. The van der Waals surface area contributed by atoms with Gasteiger partial charge in [0.2, 0.25) is 0 Å². The van der Waals surface area contributed by atoms with Crippen LogP contribution in [0.1, 0.15) is 45.1 Å². The molecule has 1 aliphatic heterocycles. The van der Waals surface area contributed by atoms with Crippen LogP contribution in [-0.2, 0) is 15.9 Å². The largest absolute Gasteiger partial charge is 0.252 e. The smallest absolute Gasteiger partial charge is 0.206 e. The third kappa shape index (κ3) is 3.06. The van der Waals surface area contributed by atoms with Crippen LogP contribution in [0.4, 0.5) is 0 Å². The maximum atomic E-state index is 12.6. The molecule has 0 saturated carbocycles. The molecule has 0 atom stereocenters. The fraction of sp³-hybridized carbons (Fsp3) is 0.714. The molecule has 1 saturated heterocycles. The van der Waals surface area contributed by atoms with Crippen molar-refractivity contribution in [1.29, 1.82) is 0 Å². The fourth-order valence-electron chi connectivity index (χ4n) is 2.84. The minimum atomic E-state index is -3.32. The number of alkyl halides is 1. The van der Waals surface area contributed by atoms with Gasteiger partial charge in [0, 0.05) is 19.0 Å². The van der Waals surface area contributed by atoms with E-state index in [9.17, 15) is 8.42 Å². The monoisotopic (exact) mass is 335 g/mol. The van der Waals surface area contributed by atoms with Gasteiger partial charge in [-0.15, -0.1) is 22.9 Å². The Balaban J connectivity index is 2.13. The number of halogens is 1. The summed E-state index contributed by atoms with van der Waals surface area (Å²) in [6, 6.07) is 1.70. The summed E-state index contributed by atoms with van der Waals surface area (Å²) in [4.78, 5) is 0. The minimum Gasteiger partial charge on any atom is -0.206 e. The summed E-state index contributed by atoms with van der Waals surface area (Å²) < 4.78 is 27.3. The molecule has 20 heavy (non-hydrogen) atoms. The van der Waals surface area contributed by atoms with Crippen molar-refractivity contribution in [2.45, 2.75) is 49.6 Å². The van der Waals surface area contributed by atoms with Crippen molar-refractivity contribution >= 4 is 33.0 Å². The molecule has 0 unspecified atom stereocenters. The molecule has 0 radical (unpaired) electrons. The lowest BCUT2D eigenvalue weighted by atomic mass is 9.75. The Morgan fingerprint density at radius 2 is 1.90 bits per heavy atom. The van der Waals surface area contributed by atoms with Crippen molar-refractivity contribution in [3.8, 4) is 0 Å². The second-order valence-electron chi connectivity index (χ2n) is 5.52. The van der Waals surface area contributed by atoms with Crippen molar-refractivity contribution in [2.24, 2.45) is 5.41 Å². The van der Waals surface area contributed by atoms with E-state index >= 15 is 0 Å². The van der Waals surface area contributed by atoms with Gasteiger partial charge in [0.05, 0.1) is 0 Å².